The van der Waals surface area contributed by atoms with Crippen molar-refractivity contribution in [2.45, 2.75) is 65.2 Å². The van der Waals surface area contributed by atoms with Crippen LogP contribution in [0.5, 0.6) is 0 Å². The lowest BCUT2D eigenvalue weighted by Crippen LogP contribution is -2.63. The summed E-state index contributed by atoms with van der Waals surface area (Å²) in [7, 11) is 0. The highest BCUT2D eigenvalue weighted by atomic mass is 16.2. The van der Waals surface area contributed by atoms with Gasteiger partial charge in [-0.25, -0.2) is 0 Å². The maximum Gasteiger partial charge on any atom is 0.273 e. The van der Waals surface area contributed by atoms with E-state index in [1.54, 1.807) is 9.58 Å². The van der Waals surface area contributed by atoms with Gasteiger partial charge in [-0.2, -0.15) is 5.10 Å². The number of amides is 2. The van der Waals surface area contributed by atoms with Crippen LogP contribution in [0.3, 0.4) is 0 Å². The van der Waals surface area contributed by atoms with Gasteiger partial charge < -0.3 is 10.2 Å². The lowest BCUT2D eigenvalue weighted by atomic mass is 9.91. The fourth-order valence-corrected chi connectivity index (χ4v) is 4.18. The predicted octanol–water partition coefficient (Wildman–Crippen LogP) is 4.22. The van der Waals surface area contributed by atoms with Gasteiger partial charge in [0.25, 0.3) is 5.91 Å². The molecular weight excluding hydrogens is 412 g/mol. The summed E-state index contributed by atoms with van der Waals surface area (Å²) < 4.78 is 1.71. The van der Waals surface area contributed by atoms with Gasteiger partial charge in [0.1, 0.15) is 11.2 Å². The van der Waals surface area contributed by atoms with Crippen LogP contribution in [0.15, 0.2) is 60.7 Å². The molecule has 6 heteroatoms. The third-order valence-electron chi connectivity index (χ3n) is 6.44. The zero-order valence-corrected chi connectivity index (χ0v) is 20.1. The van der Waals surface area contributed by atoms with E-state index in [1.165, 1.54) is 0 Å². The minimum Gasteiger partial charge on any atom is -0.350 e. The summed E-state index contributed by atoms with van der Waals surface area (Å²) in [5.41, 5.74) is 3.22. The average Bonchev–Trinajstić information content (AvgIpc) is 3.21. The third-order valence-corrected chi connectivity index (χ3v) is 6.44. The maximum atomic E-state index is 13.8. The van der Waals surface area contributed by atoms with Gasteiger partial charge in [0.05, 0.1) is 12.2 Å². The molecule has 0 fully saturated rings. The molecule has 0 radical (unpaired) electrons. The Labute approximate surface area is 195 Å². The summed E-state index contributed by atoms with van der Waals surface area (Å²) in [5.74, 6) is -0.364. The van der Waals surface area contributed by atoms with Gasteiger partial charge >= 0.3 is 0 Å². The van der Waals surface area contributed by atoms with Crippen molar-refractivity contribution < 1.29 is 9.59 Å². The standard InChI is InChI=1S/C27H32N4O2/c1-19-11-9-10-14-21(19)17-30-24(32)22-15-23(26(2,3)4)29-31(22)18-27(30,5)25(33)28-16-20-12-7-6-8-13-20/h6-15H,16-18H2,1-5H3,(H,28,33)/t27-/m1/s1. The second kappa shape index (κ2) is 8.50. The first-order valence-electron chi connectivity index (χ1n) is 11.4. The number of nitrogens with zero attached hydrogens (tertiary/aromatic N) is 3. The second-order valence-electron chi connectivity index (χ2n) is 10.1. The Morgan fingerprint density at radius 2 is 1.76 bits per heavy atom. The number of aromatic nitrogens is 2. The SMILES string of the molecule is Cc1ccccc1CN1C(=O)c2cc(C(C)(C)C)nn2C[C@]1(C)C(=O)NCc1ccccc1. The molecule has 1 atom stereocenters. The summed E-state index contributed by atoms with van der Waals surface area (Å²) in [6.07, 6.45) is 0. The first kappa shape index (κ1) is 22.8. The maximum absolute atomic E-state index is 13.8. The van der Waals surface area contributed by atoms with Crippen LogP contribution in [0.4, 0.5) is 0 Å². The Balaban J connectivity index is 1.71. The van der Waals surface area contributed by atoms with Crippen LogP contribution in [0.25, 0.3) is 0 Å². The Morgan fingerprint density at radius 1 is 1.09 bits per heavy atom. The van der Waals surface area contributed by atoms with Crippen LogP contribution in [0.2, 0.25) is 0 Å². The first-order valence-corrected chi connectivity index (χ1v) is 11.4. The van der Waals surface area contributed by atoms with Crippen molar-refractivity contribution in [3.63, 3.8) is 0 Å². The Kier molecular flexibility index (Phi) is 5.87. The molecular formula is C27H32N4O2. The van der Waals surface area contributed by atoms with Crippen molar-refractivity contribution in [1.29, 1.82) is 0 Å². The lowest BCUT2D eigenvalue weighted by Gasteiger charge is -2.43. The summed E-state index contributed by atoms with van der Waals surface area (Å²) in [5, 5.41) is 7.77. The van der Waals surface area contributed by atoms with E-state index in [0.29, 0.717) is 25.3 Å². The van der Waals surface area contributed by atoms with Crippen molar-refractivity contribution >= 4 is 11.8 Å². The van der Waals surface area contributed by atoms with E-state index in [1.807, 2.05) is 74.5 Å². The zero-order valence-electron chi connectivity index (χ0n) is 20.1. The zero-order chi connectivity index (χ0) is 23.8. The summed E-state index contributed by atoms with van der Waals surface area (Å²) in [4.78, 5) is 29.1. The number of rotatable bonds is 5. The van der Waals surface area contributed by atoms with Crippen molar-refractivity contribution in [1.82, 2.24) is 20.0 Å². The molecule has 1 aliphatic rings. The van der Waals surface area contributed by atoms with Gasteiger partial charge in [-0.05, 0) is 36.6 Å². The number of nitrogens with one attached hydrogen (secondary N) is 1. The molecule has 0 unspecified atom stereocenters. The normalized spacial score (nSPS) is 18.2. The minimum atomic E-state index is -1.08. The molecule has 4 rings (SSSR count). The number of fused-ring (bicyclic) bond motifs is 1. The van der Waals surface area contributed by atoms with E-state index in [4.69, 9.17) is 5.10 Å². The van der Waals surface area contributed by atoms with Crippen LogP contribution < -0.4 is 5.32 Å². The molecule has 1 aromatic heterocycles. The molecule has 2 aromatic carbocycles. The van der Waals surface area contributed by atoms with Crippen molar-refractivity contribution in [3.05, 3.63) is 88.7 Å². The van der Waals surface area contributed by atoms with Crippen LogP contribution in [-0.2, 0) is 29.8 Å². The van der Waals surface area contributed by atoms with E-state index in [2.05, 4.69) is 26.1 Å². The number of aryl methyl sites for hydroxylation is 1. The van der Waals surface area contributed by atoms with Gasteiger partial charge in [0.15, 0.2) is 0 Å². The molecule has 0 saturated carbocycles. The second-order valence-corrected chi connectivity index (χ2v) is 10.1. The smallest absolute Gasteiger partial charge is 0.273 e. The van der Waals surface area contributed by atoms with E-state index < -0.39 is 5.54 Å². The molecule has 0 aliphatic carbocycles. The van der Waals surface area contributed by atoms with E-state index in [-0.39, 0.29) is 17.2 Å². The van der Waals surface area contributed by atoms with Gasteiger partial charge in [0, 0.05) is 18.5 Å². The summed E-state index contributed by atoms with van der Waals surface area (Å²) >= 11 is 0. The highest BCUT2D eigenvalue weighted by Crippen LogP contribution is 2.32. The minimum absolute atomic E-state index is 0.176. The van der Waals surface area contributed by atoms with Gasteiger partial charge in [-0.1, -0.05) is 75.4 Å². The van der Waals surface area contributed by atoms with Crippen molar-refractivity contribution in [3.8, 4) is 0 Å². The van der Waals surface area contributed by atoms with E-state index in [0.717, 1.165) is 22.4 Å². The number of carbonyl (C=O) groups is 2. The molecule has 1 aliphatic heterocycles. The Bertz CT molecular complexity index is 1180. The van der Waals surface area contributed by atoms with Gasteiger partial charge in [-0.3, -0.25) is 14.3 Å². The number of carbonyl (C=O) groups excluding carboxylic acids is 2. The highest BCUT2D eigenvalue weighted by molar-refractivity contribution is 5.99. The predicted molar refractivity (Wildman–Crippen MR) is 129 cm³/mol. The largest absolute Gasteiger partial charge is 0.350 e. The number of hydrogen-bond acceptors (Lipinski definition) is 3. The average molecular weight is 445 g/mol. The topological polar surface area (TPSA) is 67.2 Å². The fraction of sp³-hybridized carbons (Fsp3) is 0.370. The van der Waals surface area contributed by atoms with Crippen LogP contribution >= 0.6 is 0 Å². The highest BCUT2D eigenvalue weighted by Gasteiger charge is 2.48. The fourth-order valence-electron chi connectivity index (χ4n) is 4.18. The van der Waals surface area contributed by atoms with Crippen LogP contribution in [0, 0.1) is 6.92 Å². The quantitative estimate of drug-likeness (QED) is 0.641. The van der Waals surface area contributed by atoms with Crippen molar-refractivity contribution in [2.75, 3.05) is 0 Å². The Morgan fingerprint density at radius 3 is 2.42 bits per heavy atom. The van der Waals surface area contributed by atoms with E-state index in [9.17, 15) is 9.59 Å². The molecule has 2 heterocycles. The molecule has 33 heavy (non-hydrogen) atoms. The van der Waals surface area contributed by atoms with Crippen molar-refractivity contribution in [2.24, 2.45) is 0 Å². The molecule has 172 valence electrons. The first-order chi connectivity index (χ1) is 15.6. The summed E-state index contributed by atoms with van der Waals surface area (Å²) in [6.45, 7) is 11.1. The monoisotopic (exact) mass is 444 g/mol. The van der Waals surface area contributed by atoms with Gasteiger partial charge in [-0.15, -0.1) is 0 Å². The molecule has 2 amide bonds. The number of benzene rings is 2. The third kappa shape index (κ3) is 4.42. The number of hydrogen-bond donors (Lipinski definition) is 1. The molecule has 3 aromatic rings. The lowest BCUT2D eigenvalue weighted by molar-refractivity contribution is -0.133. The molecule has 0 saturated heterocycles. The van der Waals surface area contributed by atoms with E-state index >= 15 is 0 Å². The van der Waals surface area contributed by atoms with Crippen LogP contribution in [0.1, 0.15) is 60.6 Å². The Hall–Kier alpha value is -3.41. The molecule has 6 nitrogen and oxygen atoms in total. The molecule has 1 N–H and O–H groups in total. The summed E-state index contributed by atoms with van der Waals surface area (Å²) in [6, 6.07) is 19.6. The van der Waals surface area contributed by atoms with Gasteiger partial charge in [0.2, 0.25) is 5.91 Å². The molecule has 0 bridgehead atoms. The van der Waals surface area contributed by atoms with Crippen LogP contribution in [-0.4, -0.2) is 32.0 Å². The molecule has 0 spiro atoms.